The zero-order chi connectivity index (χ0) is 12.3. The maximum absolute atomic E-state index is 11.7. The lowest BCUT2D eigenvalue weighted by atomic mass is 10.1. The lowest BCUT2D eigenvalue weighted by Gasteiger charge is -2.13. The number of hydrogen-bond donors (Lipinski definition) is 1. The van der Waals surface area contributed by atoms with Gasteiger partial charge in [-0.1, -0.05) is 29.8 Å². The fourth-order valence-electron chi connectivity index (χ4n) is 1.81. The zero-order valence-electron chi connectivity index (χ0n) is 10.1. The van der Waals surface area contributed by atoms with Crippen LogP contribution in [-0.2, 0) is 11.2 Å². The van der Waals surface area contributed by atoms with Crippen LogP contribution in [0.15, 0.2) is 24.3 Å². The average Bonchev–Trinajstić information content (AvgIpc) is 3.09. The molecule has 1 N–H and O–H groups in total. The van der Waals surface area contributed by atoms with Gasteiger partial charge in [0.15, 0.2) is 0 Å². The normalized spacial score (nSPS) is 16.6. The largest absolute Gasteiger partial charge is 0.349 e. The zero-order valence-corrected chi connectivity index (χ0v) is 10.9. The van der Waals surface area contributed by atoms with Crippen LogP contribution >= 0.6 is 11.6 Å². The molecule has 2 nitrogen and oxygen atoms in total. The Balaban J connectivity index is 1.78. The Morgan fingerprint density at radius 3 is 2.53 bits per heavy atom. The smallest absolute Gasteiger partial charge is 0.220 e. The van der Waals surface area contributed by atoms with Crippen LogP contribution < -0.4 is 5.32 Å². The van der Waals surface area contributed by atoms with E-state index in [1.807, 2.05) is 0 Å². The standard InChI is InChI=1S/C14H18ClNO/c1-11-2-4-12(5-3-11)6-7-13(17)16-14(10-15)8-9-14/h2-5H,6-10H2,1H3,(H,16,17). The van der Waals surface area contributed by atoms with E-state index in [0.717, 1.165) is 19.3 Å². The van der Waals surface area contributed by atoms with Gasteiger partial charge >= 0.3 is 0 Å². The minimum absolute atomic E-state index is 0.0775. The van der Waals surface area contributed by atoms with E-state index in [4.69, 9.17) is 11.6 Å². The molecule has 1 aromatic carbocycles. The third kappa shape index (κ3) is 3.47. The Labute approximate surface area is 107 Å². The molecule has 1 amide bonds. The summed E-state index contributed by atoms with van der Waals surface area (Å²) in [6, 6.07) is 8.32. The summed E-state index contributed by atoms with van der Waals surface area (Å²) in [6.07, 6.45) is 3.38. The van der Waals surface area contributed by atoms with Crippen LogP contribution in [0.25, 0.3) is 0 Å². The van der Waals surface area contributed by atoms with E-state index in [-0.39, 0.29) is 11.4 Å². The number of halogens is 1. The molecule has 1 saturated carbocycles. The number of carbonyl (C=O) groups excluding carboxylic acids is 1. The molecule has 0 aliphatic heterocycles. The minimum atomic E-state index is -0.0775. The van der Waals surface area contributed by atoms with Gasteiger partial charge < -0.3 is 5.32 Å². The summed E-state index contributed by atoms with van der Waals surface area (Å²) in [5.74, 6) is 0.646. The molecule has 0 radical (unpaired) electrons. The first-order chi connectivity index (χ1) is 8.13. The van der Waals surface area contributed by atoms with Crippen LogP contribution in [0.5, 0.6) is 0 Å². The van der Waals surface area contributed by atoms with Gasteiger partial charge in [0.1, 0.15) is 0 Å². The van der Waals surface area contributed by atoms with Gasteiger partial charge in [-0.25, -0.2) is 0 Å². The summed E-state index contributed by atoms with van der Waals surface area (Å²) in [5.41, 5.74) is 2.38. The van der Waals surface area contributed by atoms with Crippen LogP contribution in [-0.4, -0.2) is 17.3 Å². The number of aryl methyl sites for hydroxylation is 2. The minimum Gasteiger partial charge on any atom is -0.349 e. The second-order valence-electron chi connectivity index (χ2n) is 4.95. The lowest BCUT2D eigenvalue weighted by molar-refractivity contribution is -0.121. The topological polar surface area (TPSA) is 29.1 Å². The van der Waals surface area contributed by atoms with Gasteiger partial charge in [0.25, 0.3) is 0 Å². The first-order valence-corrected chi connectivity index (χ1v) is 6.60. The second-order valence-corrected chi connectivity index (χ2v) is 5.21. The number of nitrogens with one attached hydrogen (secondary N) is 1. The highest BCUT2D eigenvalue weighted by atomic mass is 35.5. The number of hydrogen-bond acceptors (Lipinski definition) is 1. The van der Waals surface area contributed by atoms with Crippen LogP contribution in [0.1, 0.15) is 30.4 Å². The van der Waals surface area contributed by atoms with E-state index in [0.29, 0.717) is 12.3 Å². The third-order valence-corrected chi connectivity index (χ3v) is 3.79. The van der Waals surface area contributed by atoms with Crippen molar-refractivity contribution in [3.8, 4) is 0 Å². The van der Waals surface area contributed by atoms with Gasteiger partial charge in [-0.05, 0) is 31.7 Å². The van der Waals surface area contributed by atoms with Crippen LogP contribution in [0, 0.1) is 6.92 Å². The predicted octanol–water partition coefficient (Wildman–Crippen LogP) is 2.82. The second kappa shape index (κ2) is 5.09. The molecule has 0 bridgehead atoms. The first-order valence-electron chi connectivity index (χ1n) is 6.06. The van der Waals surface area contributed by atoms with Crippen molar-refractivity contribution in [1.82, 2.24) is 5.32 Å². The van der Waals surface area contributed by atoms with E-state index in [9.17, 15) is 4.79 Å². The summed E-state index contributed by atoms with van der Waals surface area (Å²) >= 11 is 5.82. The summed E-state index contributed by atoms with van der Waals surface area (Å²) in [4.78, 5) is 11.7. The molecular formula is C14H18ClNO. The van der Waals surface area contributed by atoms with Crippen molar-refractivity contribution < 1.29 is 4.79 Å². The summed E-state index contributed by atoms with van der Waals surface area (Å²) in [5, 5.41) is 3.03. The van der Waals surface area contributed by atoms with Gasteiger partial charge in [-0.15, -0.1) is 11.6 Å². The Morgan fingerprint density at radius 2 is 2.00 bits per heavy atom. The van der Waals surface area contributed by atoms with Gasteiger partial charge in [0.2, 0.25) is 5.91 Å². The maximum atomic E-state index is 11.7. The molecule has 3 heteroatoms. The quantitative estimate of drug-likeness (QED) is 0.802. The molecular weight excluding hydrogens is 234 g/mol. The highest BCUT2D eigenvalue weighted by molar-refractivity contribution is 6.19. The molecule has 0 heterocycles. The molecule has 1 aliphatic carbocycles. The monoisotopic (exact) mass is 251 g/mol. The van der Waals surface area contributed by atoms with Gasteiger partial charge in [-0.3, -0.25) is 4.79 Å². The van der Waals surface area contributed by atoms with Crippen molar-refractivity contribution >= 4 is 17.5 Å². The van der Waals surface area contributed by atoms with Crippen molar-refractivity contribution in [1.29, 1.82) is 0 Å². The molecule has 17 heavy (non-hydrogen) atoms. The number of carbonyl (C=O) groups is 1. The SMILES string of the molecule is Cc1ccc(CCC(=O)NC2(CCl)CC2)cc1. The van der Waals surface area contributed by atoms with Crippen LogP contribution in [0.4, 0.5) is 0 Å². The molecule has 1 fully saturated rings. The van der Waals surface area contributed by atoms with Gasteiger partial charge in [-0.2, -0.15) is 0 Å². The molecule has 0 saturated heterocycles. The van der Waals surface area contributed by atoms with Crippen LogP contribution in [0.2, 0.25) is 0 Å². The van der Waals surface area contributed by atoms with Crippen molar-refractivity contribution in [2.24, 2.45) is 0 Å². The fourth-order valence-corrected chi connectivity index (χ4v) is 2.15. The number of rotatable bonds is 5. The summed E-state index contributed by atoms with van der Waals surface area (Å²) in [7, 11) is 0. The van der Waals surface area contributed by atoms with E-state index in [2.05, 4.69) is 36.5 Å². The molecule has 0 spiro atoms. The van der Waals surface area contributed by atoms with Gasteiger partial charge in [0, 0.05) is 12.3 Å². The summed E-state index contributed by atoms with van der Waals surface area (Å²) < 4.78 is 0. The molecule has 0 aromatic heterocycles. The van der Waals surface area contributed by atoms with E-state index < -0.39 is 0 Å². The predicted molar refractivity (Wildman–Crippen MR) is 70.3 cm³/mol. The van der Waals surface area contributed by atoms with E-state index in [1.165, 1.54) is 11.1 Å². The van der Waals surface area contributed by atoms with Crippen molar-refractivity contribution in [2.45, 2.75) is 38.1 Å². The molecule has 0 unspecified atom stereocenters. The molecule has 0 atom stereocenters. The van der Waals surface area contributed by atoms with Crippen molar-refractivity contribution in [3.05, 3.63) is 35.4 Å². The number of benzene rings is 1. The molecule has 1 aliphatic rings. The van der Waals surface area contributed by atoms with E-state index >= 15 is 0 Å². The van der Waals surface area contributed by atoms with Crippen molar-refractivity contribution in [3.63, 3.8) is 0 Å². The molecule has 2 rings (SSSR count). The lowest BCUT2D eigenvalue weighted by Crippen LogP contribution is -2.38. The Morgan fingerprint density at radius 1 is 1.35 bits per heavy atom. The van der Waals surface area contributed by atoms with Crippen molar-refractivity contribution in [2.75, 3.05) is 5.88 Å². The molecule has 92 valence electrons. The number of alkyl halides is 1. The highest BCUT2D eigenvalue weighted by Gasteiger charge is 2.42. The van der Waals surface area contributed by atoms with E-state index in [1.54, 1.807) is 0 Å². The number of amides is 1. The van der Waals surface area contributed by atoms with Gasteiger partial charge in [0.05, 0.1) is 5.54 Å². The highest BCUT2D eigenvalue weighted by Crippen LogP contribution is 2.36. The molecule has 1 aromatic rings. The average molecular weight is 252 g/mol. The summed E-state index contributed by atoms with van der Waals surface area (Å²) in [6.45, 7) is 2.06. The Bertz CT molecular complexity index is 395. The maximum Gasteiger partial charge on any atom is 0.220 e. The third-order valence-electron chi connectivity index (χ3n) is 3.28. The first kappa shape index (κ1) is 12.4. The fraction of sp³-hybridized carbons (Fsp3) is 0.500. The Hall–Kier alpha value is -1.02. The van der Waals surface area contributed by atoms with Crippen LogP contribution in [0.3, 0.4) is 0 Å². The Kier molecular flexibility index (Phi) is 3.72.